The Kier molecular flexibility index (Phi) is 14.0. The molecule has 0 rings (SSSR count). The van der Waals surface area contributed by atoms with Crippen molar-refractivity contribution < 1.29 is 29.4 Å². The van der Waals surface area contributed by atoms with Gasteiger partial charge in [0.2, 0.25) is 17.7 Å². The summed E-state index contributed by atoms with van der Waals surface area (Å²) in [5.41, 5.74) is 11.1. The van der Waals surface area contributed by atoms with E-state index in [0.717, 1.165) is 6.42 Å². The number of rotatable bonds is 15. The van der Waals surface area contributed by atoms with Crippen molar-refractivity contribution in [2.24, 2.45) is 11.5 Å². The van der Waals surface area contributed by atoms with Crippen LogP contribution in [0.1, 0.15) is 32.6 Å². The summed E-state index contributed by atoms with van der Waals surface area (Å²) in [6.45, 7) is 1.38. The SMILES string of the molecule is CSCCC(NC(=O)CNC(=O)C(N)CCCCN)C(=O)NC(C(=O)O)C(C)O. The Bertz CT molecular complexity index is 548. The average Bonchev–Trinajstić information content (AvgIpc) is 2.66. The number of hydrogen-bond acceptors (Lipinski definition) is 8. The molecule has 11 nitrogen and oxygen atoms in total. The lowest BCUT2D eigenvalue weighted by Gasteiger charge is -2.22. The highest BCUT2D eigenvalue weighted by molar-refractivity contribution is 7.98. The zero-order chi connectivity index (χ0) is 22.4. The van der Waals surface area contributed by atoms with Gasteiger partial charge in [-0.05, 0) is 44.7 Å². The molecule has 12 heteroatoms. The van der Waals surface area contributed by atoms with Crippen molar-refractivity contribution in [3.05, 3.63) is 0 Å². The van der Waals surface area contributed by atoms with Gasteiger partial charge in [0.25, 0.3) is 0 Å². The van der Waals surface area contributed by atoms with Crippen molar-refractivity contribution in [3.8, 4) is 0 Å². The molecule has 9 N–H and O–H groups in total. The molecule has 4 unspecified atom stereocenters. The van der Waals surface area contributed by atoms with Gasteiger partial charge in [-0.2, -0.15) is 11.8 Å². The smallest absolute Gasteiger partial charge is 0.328 e. The lowest BCUT2D eigenvalue weighted by atomic mass is 10.1. The second-order valence-corrected chi connectivity index (χ2v) is 7.56. The number of thioether (sulfide) groups is 1. The first-order chi connectivity index (χ1) is 13.6. The lowest BCUT2D eigenvalue weighted by Crippen LogP contribution is -2.56. The molecule has 0 aliphatic rings. The van der Waals surface area contributed by atoms with Crippen molar-refractivity contribution in [1.82, 2.24) is 16.0 Å². The van der Waals surface area contributed by atoms with Crippen LogP contribution in [0, 0.1) is 0 Å². The highest BCUT2D eigenvalue weighted by Gasteiger charge is 2.29. The van der Waals surface area contributed by atoms with Crippen LogP contribution in [0.15, 0.2) is 0 Å². The van der Waals surface area contributed by atoms with Gasteiger partial charge in [0.1, 0.15) is 6.04 Å². The topological polar surface area (TPSA) is 197 Å². The third-order valence-corrected chi connectivity index (χ3v) is 4.68. The van der Waals surface area contributed by atoms with Gasteiger partial charge in [0.15, 0.2) is 6.04 Å². The quantitative estimate of drug-likeness (QED) is 0.139. The third kappa shape index (κ3) is 11.6. The molecule has 0 fully saturated rings. The van der Waals surface area contributed by atoms with Crippen molar-refractivity contribution in [2.75, 3.05) is 25.1 Å². The highest BCUT2D eigenvalue weighted by Crippen LogP contribution is 2.03. The molecule has 0 aliphatic heterocycles. The maximum Gasteiger partial charge on any atom is 0.328 e. The molecule has 0 aromatic heterocycles. The Morgan fingerprint density at radius 1 is 1.07 bits per heavy atom. The zero-order valence-corrected chi connectivity index (χ0v) is 17.7. The van der Waals surface area contributed by atoms with Crippen molar-refractivity contribution in [3.63, 3.8) is 0 Å². The van der Waals surface area contributed by atoms with Crippen LogP contribution >= 0.6 is 11.8 Å². The summed E-state index contributed by atoms with van der Waals surface area (Å²) >= 11 is 1.45. The van der Waals surface area contributed by atoms with Crippen molar-refractivity contribution in [2.45, 2.75) is 56.8 Å². The van der Waals surface area contributed by atoms with Crippen LogP contribution in [0.25, 0.3) is 0 Å². The van der Waals surface area contributed by atoms with Gasteiger partial charge < -0.3 is 37.6 Å². The summed E-state index contributed by atoms with van der Waals surface area (Å²) in [4.78, 5) is 47.5. The van der Waals surface area contributed by atoms with E-state index in [2.05, 4.69) is 16.0 Å². The third-order valence-electron chi connectivity index (χ3n) is 4.04. The predicted octanol–water partition coefficient (Wildman–Crippen LogP) is -2.25. The fraction of sp³-hybridized carbons (Fsp3) is 0.765. The molecule has 3 amide bonds. The molecule has 0 saturated carbocycles. The highest BCUT2D eigenvalue weighted by atomic mass is 32.2. The average molecular weight is 436 g/mol. The minimum absolute atomic E-state index is 0.247. The van der Waals surface area contributed by atoms with Gasteiger partial charge in [-0.3, -0.25) is 14.4 Å². The molecule has 0 aromatic rings. The fourth-order valence-electron chi connectivity index (χ4n) is 2.33. The maximum absolute atomic E-state index is 12.4. The molecule has 0 bridgehead atoms. The van der Waals surface area contributed by atoms with Crippen LogP contribution in [0.3, 0.4) is 0 Å². The van der Waals surface area contributed by atoms with E-state index in [1.165, 1.54) is 18.7 Å². The minimum atomic E-state index is -1.50. The number of aliphatic hydroxyl groups excluding tert-OH is 1. The number of carbonyl (C=O) groups is 4. The zero-order valence-electron chi connectivity index (χ0n) is 16.8. The number of unbranched alkanes of at least 4 members (excludes halogenated alkanes) is 1. The maximum atomic E-state index is 12.4. The number of carboxylic acid groups (broad SMARTS) is 1. The van der Waals surface area contributed by atoms with E-state index in [1.54, 1.807) is 0 Å². The van der Waals surface area contributed by atoms with E-state index in [4.69, 9.17) is 16.6 Å². The molecule has 0 aromatic carbocycles. The van der Waals surface area contributed by atoms with E-state index >= 15 is 0 Å². The number of nitrogens with one attached hydrogen (secondary N) is 3. The molecule has 0 heterocycles. The van der Waals surface area contributed by atoms with Gasteiger partial charge >= 0.3 is 5.97 Å². The molecule has 0 radical (unpaired) electrons. The molecule has 0 saturated heterocycles. The van der Waals surface area contributed by atoms with Crippen LogP contribution < -0.4 is 27.4 Å². The van der Waals surface area contributed by atoms with E-state index in [-0.39, 0.29) is 13.0 Å². The van der Waals surface area contributed by atoms with Crippen LogP contribution in [0.4, 0.5) is 0 Å². The summed E-state index contributed by atoms with van der Waals surface area (Å²) in [6, 6.07) is -3.26. The first-order valence-electron chi connectivity index (χ1n) is 9.36. The number of nitrogens with two attached hydrogens (primary N) is 2. The summed E-state index contributed by atoms with van der Waals surface area (Å²) in [5, 5.41) is 25.7. The molecule has 4 atom stereocenters. The normalized spacial score (nSPS) is 14.9. The van der Waals surface area contributed by atoms with Crippen molar-refractivity contribution >= 4 is 35.5 Å². The Morgan fingerprint density at radius 2 is 1.72 bits per heavy atom. The summed E-state index contributed by atoms with van der Waals surface area (Å²) in [6.07, 6.45) is 2.64. The number of carbonyl (C=O) groups excluding carboxylic acids is 3. The fourth-order valence-corrected chi connectivity index (χ4v) is 2.80. The number of amides is 3. The van der Waals surface area contributed by atoms with Crippen LogP contribution in [0.2, 0.25) is 0 Å². The second-order valence-electron chi connectivity index (χ2n) is 6.58. The Hall–Kier alpha value is -1.89. The summed E-state index contributed by atoms with van der Waals surface area (Å²) in [5.74, 6) is -2.69. The number of carboxylic acids is 1. The molecule has 29 heavy (non-hydrogen) atoms. The largest absolute Gasteiger partial charge is 0.480 e. The predicted molar refractivity (Wildman–Crippen MR) is 110 cm³/mol. The van der Waals surface area contributed by atoms with E-state index < -0.39 is 47.9 Å². The standard InChI is InChI=1S/C17H33N5O6S/c1-10(23)14(17(27)28)22-16(26)12(6-8-29-2)21-13(24)9-20-15(25)11(19)5-3-4-7-18/h10-12,14,23H,3-9,18-19H2,1-2H3,(H,20,25)(H,21,24)(H,22,26)(H,27,28). The molecule has 0 aliphatic carbocycles. The first-order valence-corrected chi connectivity index (χ1v) is 10.8. The Morgan fingerprint density at radius 3 is 2.24 bits per heavy atom. The van der Waals surface area contributed by atoms with E-state index in [0.29, 0.717) is 25.1 Å². The minimum Gasteiger partial charge on any atom is -0.480 e. The Labute approximate surface area is 174 Å². The van der Waals surface area contributed by atoms with Crippen LogP contribution in [0.5, 0.6) is 0 Å². The number of aliphatic carboxylic acids is 1. The van der Waals surface area contributed by atoms with Gasteiger partial charge in [-0.25, -0.2) is 4.79 Å². The van der Waals surface area contributed by atoms with Crippen molar-refractivity contribution in [1.29, 1.82) is 0 Å². The molecule has 0 spiro atoms. The van der Waals surface area contributed by atoms with Gasteiger partial charge in [-0.15, -0.1) is 0 Å². The van der Waals surface area contributed by atoms with Gasteiger partial charge in [0, 0.05) is 0 Å². The summed E-state index contributed by atoms with van der Waals surface area (Å²) < 4.78 is 0. The first kappa shape index (κ1) is 27.1. The van der Waals surface area contributed by atoms with Gasteiger partial charge in [-0.1, -0.05) is 6.42 Å². The second kappa shape index (κ2) is 15.0. The summed E-state index contributed by atoms with van der Waals surface area (Å²) in [7, 11) is 0. The van der Waals surface area contributed by atoms with E-state index in [9.17, 15) is 24.3 Å². The number of aliphatic hydroxyl groups is 1. The lowest BCUT2D eigenvalue weighted by molar-refractivity contribution is -0.145. The van der Waals surface area contributed by atoms with Gasteiger partial charge in [0.05, 0.1) is 18.7 Å². The molecule has 168 valence electrons. The van der Waals surface area contributed by atoms with Crippen LogP contribution in [-0.4, -0.2) is 83.2 Å². The monoisotopic (exact) mass is 435 g/mol. The van der Waals surface area contributed by atoms with Crippen LogP contribution in [-0.2, 0) is 19.2 Å². The number of hydrogen-bond donors (Lipinski definition) is 7. The van der Waals surface area contributed by atoms with E-state index in [1.807, 2.05) is 6.26 Å². The molecular formula is C17H33N5O6S. The molecular weight excluding hydrogens is 402 g/mol. The Balaban J connectivity index is 4.72.